The van der Waals surface area contributed by atoms with E-state index in [1.165, 1.54) is 5.69 Å². The van der Waals surface area contributed by atoms with E-state index in [-0.39, 0.29) is 5.78 Å². The van der Waals surface area contributed by atoms with Crippen LogP contribution in [-0.2, 0) is 16.0 Å². The highest BCUT2D eigenvalue weighted by Gasteiger charge is 2.10. The molecule has 0 aliphatic carbocycles. The van der Waals surface area contributed by atoms with Crippen molar-refractivity contribution in [2.45, 2.75) is 13.3 Å². The molecule has 16 heavy (non-hydrogen) atoms. The highest BCUT2D eigenvalue weighted by atomic mass is 16.5. The van der Waals surface area contributed by atoms with Gasteiger partial charge in [0.15, 0.2) is 0 Å². The van der Waals surface area contributed by atoms with Crippen molar-refractivity contribution < 1.29 is 9.53 Å². The lowest BCUT2D eigenvalue weighted by Gasteiger charge is -2.28. The molecule has 1 saturated heterocycles. The largest absolute Gasteiger partial charge is 0.378 e. The van der Waals surface area contributed by atoms with Gasteiger partial charge in [-0.1, -0.05) is 12.1 Å². The fourth-order valence-corrected chi connectivity index (χ4v) is 1.93. The Hall–Kier alpha value is -1.35. The van der Waals surface area contributed by atoms with Crippen molar-refractivity contribution in [3.05, 3.63) is 29.8 Å². The standard InChI is InChI=1S/C13H17NO2/c1-11(15)10-12-2-4-13(5-3-12)14-6-8-16-9-7-14/h2-5H,6-10H2,1H3. The van der Waals surface area contributed by atoms with Crippen LogP contribution in [0, 0.1) is 0 Å². The number of carbonyl (C=O) groups excluding carboxylic acids is 1. The summed E-state index contributed by atoms with van der Waals surface area (Å²) in [6, 6.07) is 8.24. The minimum Gasteiger partial charge on any atom is -0.378 e. The van der Waals surface area contributed by atoms with E-state index in [4.69, 9.17) is 4.74 Å². The Kier molecular flexibility index (Phi) is 3.57. The van der Waals surface area contributed by atoms with Crippen LogP contribution in [0.4, 0.5) is 5.69 Å². The number of ketones is 1. The molecule has 1 aliphatic rings. The fourth-order valence-electron chi connectivity index (χ4n) is 1.93. The molecule has 0 N–H and O–H groups in total. The van der Waals surface area contributed by atoms with Crippen molar-refractivity contribution in [1.29, 1.82) is 0 Å². The van der Waals surface area contributed by atoms with E-state index < -0.39 is 0 Å². The van der Waals surface area contributed by atoms with Gasteiger partial charge in [-0.25, -0.2) is 0 Å². The zero-order chi connectivity index (χ0) is 11.4. The molecule has 0 amide bonds. The minimum absolute atomic E-state index is 0.208. The van der Waals surface area contributed by atoms with Gasteiger partial charge in [0.1, 0.15) is 5.78 Å². The lowest BCUT2D eigenvalue weighted by Crippen LogP contribution is -2.36. The van der Waals surface area contributed by atoms with E-state index in [0.717, 1.165) is 31.9 Å². The van der Waals surface area contributed by atoms with Crippen LogP contribution in [0.1, 0.15) is 12.5 Å². The molecule has 0 aromatic heterocycles. The van der Waals surface area contributed by atoms with Gasteiger partial charge in [0, 0.05) is 25.2 Å². The van der Waals surface area contributed by atoms with Gasteiger partial charge < -0.3 is 9.64 Å². The molecule has 1 aromatic rings. The molecule has 1 aliphatic heterocycles. The third kappa shape index (κ3) is 2.83. The first-order chi connectivity index (χ1) is 7.75. The summed E-state index contributed by atoms with van der Waals surface area (Å²) in [6.45, 7) is 5.12. The van der Waals surface area contributed by atoms with Crippen LogP contribution in [0.2, 0.25) is 0 Å². The Labute approximate surface area is 96.0 Å². The normalized spacial score (nSPS) is 16.2. The third-order valence-electron chi connectivity index (χ3n) is 2.77. The van der Waals surface area contributed by atoms with Gasteiger partial charge in [-0.05, 0) is 24.6 Å². The number of Topliss-reactive ketones (excluding diaryl/α,β-unsaturated/α-hetero) is 1. The average Bonchev–Trinajstić information content (AvgIpc) is 2.30. The predicted molar refractivity (Wildman–Crippen MR) is 63.9 cm³/mol. The summed E-state index contributed by atoms with van der Waals surface area (Å²) in [6.07, 6.45) is 0.531. The number of benzene rings is 1. The Bertz CT molecular complexity index is 353. The van der Waals surface area contributed by atoms with Gasteiger partial charge in [-0.15, -0.1) is 0 Å². The van der Waals surface area contributed by atoms with Crippen LogP contribution in [0.3, 0.4) is 0 Å². The second kappa shape index (κ2) is 5.12. The first-order valence-corrected chi connectivity index (χ1v) is 5.67. The summed E-state index contributed by atoms with van der Waals surface area (Å²) in [5.74, 6) is 0.208. The summed E-state index contributed by atoms with van der Waals surface area (Å²) < 4.78 is 5.31. The molecule has 1 fully saturated rings. The van der Waals surface area contributed by atoms with Gasteiger partial charge in [0.2, 0.25) is 0 Å². The molecule has 0 bridgehead atoms. The van der Waals surface area contributed by atoms with Crippen molar-refractivity contribution in [3.8, 4) is 0 Å². The van der Waals surface area contributed by atoms with Crippen molar-refractivity contribution >= 4 is 11.5 Å². The Balaban J connectivity index is 2.03. The second-order valence-electron chi connectivity index (χ2n) is 4.14. The summed E-state index contributed by atoms with van der Waals surface area (Å²) >= 11 is 0. The number of hydrogen-bond donors (Lipinski definition) is 0. The lowest BCUT2D eigenvalue weighted by molar-refractivity contribution is -0.116. The van der Waals surface area contributed by atoms with Crippen LogP contribution < -0.4 is 4.90 Å². The number of rotatable bonds is 3. The monoisotopic (exact) mass is 219 g/mol. The van der Waals surface area contributed by atoms with E-state index in [9.17, 15) is 4.79 Å². The third-order valence-corrected chi connectivity index (χ3v) is 2.77. The summed E-state index contributed by atoms with van der Waals surface area (Å²) in [5, 5.41) is 0. The van der Waals surface area contributed by atoms with E-state index >= 15 is 0 Å². The van der Waals surface area contributed by atoms with Crippen LogP contribution >= 0.6 is 0 Å². The highest BCUT2D eigenvalue weighted by Crippen LogP contribution is 2.16. The molecule has 1 aromatic carbocycles. The minimum atomic E-state index is 0.208. The maximum Gasteiger partial charge on any atom is 0.134 e. The predicted octanol–water partition coefficient (Wildman–Crippen LogP) is 1.65. The van der Waals surface area contributed by atoms with Crippen LogP contribution in [0.25, 0.3) is 0 Å². The van der Waals surface area contributed by atoms with E-state index in [0.29, 0.717) is 6.42 Å². The number of nitrogens with zero attached hydrogens (tertiary/aromatic N) is 1. The van der Waals surface area contributed by atoms with Gasteiger partial charge in [0.25, 0.3) is 0 Å². The van der Waals surface area contributed by atoms with Crippen LogP contribution in [-0.4, -0.2) is 32.1 Å². The molecular weight excluding hydrogens is 202 g/mol. The Morgan fingerprint density at radius 1 is 1.25 bits per heavy atom. The summed E-state index contributed by atoms with van der Waals surface area (Å²) in [5.41, 5.74) is 2.31. The van der Waals surface area contributed by atoms with Gasteiger partial charge in [-0.3, -0.25) is 4.79 Å². The van der Waals surface area contributed by atoms with Crippen molar-refractivity contribution in [3.63, 3.8) is 0 Å². The molecule has 3 nitrogen and oxygen atoms in total. The quantitative estimate of drug-likeness (QED) is 0.774. The topological polar surface area (TPSA) is 29.5 Å². The molecular formula is C13H17NO2. The molecule has 0 spiro atoms. The molecule has 0 unspecified atom stereocenters. The Morgan fingerprint density at radius 2 is 1.88 bits per heavy atom. The number of carbonyl (C=O) groups is 1. The van der Waals surface area contributed by atoms with Crippen LogP contribution in [0.15, 0.2) is 24.3 Å². The highest BCUT2D eigenvalue weighted by molar-refractivity contribution is 5.78. The van der Waals surface area contributed by atoms with Crippen LogP contribution in [0.5, 0.6) is 0 Å². The molecule has 1 heterocycles. The zero-order valence-corrected chi connectivity index (χ0v) is 9.61. The summed E-state index contributed by atoms with van der Waals surface area (Å²) in [4.78, 5) is 13.3. The van der Waals surface area contributed by atoms with Gasteiger partial charge in [-0.2, -0.15) is 0 Å². The zero-order valence-electron chi connectivity index (χ0n) is 9.61. The molecule has 0 saturated carbocycles. The number of hydrogen-bond acceptors (Lipinski definition) is 3. The maximum atomic E-state index is 11.0. The van der Waals surface area contributed by atoms with E-state index in [1.807, 2.05) is 12.1 Å². The maximum absolute atomic E-state index is 11.0. The number of anilines is 1. The number of morpholine rings is 1. The molecule has 0 radical (unpaired) electrons. The molecule has 86 valence electrons. The van der Waals surface area contributed by atoms with E-state index in [1.54, 1.807) is 6.92 Å². The van der Waals surface area contributed by atoms with E-state index in [2.05, 4.69) is 17.0 Å². The van der Waals surface area contributed by atoms with Gasteiger partial charge in [0.05, 0.1) is 13.2 Å². The van der Waals surface area contributed by atoms with Crippen molar-refractivity contribution in [1.82, 2.24) is 0 Å². The molecule has 2 rings (SSSR count). The van der Waals surface area contributed by atoms with Gasteiger partial charge >= 0.3 is 0 Å². The average molecular weight is 219 g/mol. The Morgan fingerprint density at radius 3 is 2.44 bits per heavy atom. The fraction of sp³-hybridized carbons (Fsp3) is 0.462. The second-order valence-corrected chi connectivity index (χ2v) is 4.14. The molecule has 3 heteroatoms. The lowest BCUT2D eigenvalue weighted by atomic mass is 10.1. The van der Waals surface area contributed by atoms with Crippen molar-refractivity contribution in [2.75, 3.05) is 31.2 Å². The first-order valence-electron chi connectivity index (χ1n) is 5.67. The molecule has 0 atom stereocenters. The number of ether oxygens (including phenoxy) is 1. The summed E-state index contributed by atoms with van der Waals surface area (Å²) in [7, 11) is 0. The first kappa shape index (κ1) is 11.1. The smallest absolute Gasteiger partial charge is 0.134 e. The van der Waals surface area contributed by atoms with Crippen molar-refractivity contribution in [2.24, 2.45) is 0 Å². The SMILES string of the molecule is CC(=O)Cc1ccc(N2CCOCC2)cc1.